The van der Waals surface area contributed by atoms with Gasteiger partial charge in [0.25, 0.3) is 0 Å². The Kier molecular flexibility index (Phi) is 6.54. The van der Waals surface area contributed by atoms with Crippen molar-refractivity contribution < 1.29 is 23.7 Å². The Morgan fingerprint density at radius 1 is 0.875 bits per heavy atom. The van der Waals surface area contributed by atoms with Crippen LogP contribution in [-0.4, -0.2) is 6.61 Å². The molecule has 2 atom stereocenters. The van der Waals surface area contributed by atoms with Gasteiger partial charge in [0, 0.05) is 5.56 Å². The minimum absolute atomic E-state index is 0.0646. The standard InChI is InChI=1S/C27H26F4O/c1-2-3-4-17-5-12-26(32-16-17)19-8-6-18(7-9-19)20-10-11-22(23(28)13-20)21-14-24(29)27(31)25(30)15-21/h6-11,13-15,17,26H,2-5,12,16H2,1H3/i14D. The second-order valence-electron chi connectivity index (χ2n) is 8.38. The summed E-state index contributed by atoms with van der Waals surface area (Å²) >= 11 is 0. The molecule has 0 aliphatic carbocycles. The van der Waals surface area contributed by atoms with Gasteiger partial charge in [-0.1, -0.05) is 56.2 Å². The summed E-state index contributed by atoms with van der Waals surface area (Å²) in [7, 11) is 0. The van der Waals surface area contributed by atoms with E-state index in [0.717, 1.165) is 30.6 Å². The summed E-state index contributed by atoms with van der Waals surface area (Å²) in [5.41, 5.74) is 1.95. The SMILES string of the molecule is [2H]c1c(-c2ccc(-c3ccc(C4CCC(CCCC)CO4)cc3)cc2F)cc(F)c(F)c1F. The average Bonchev–Trinajstić information content (AvgIpc) is 2.84. The Morgan fingerprint density at radius 2 is 1.59 bits per heavy atom. The summed E-state index contributed by atoms with van der Waals surface area (Å²) in [6.07, 6.45) is 5.85. The van der Waals surface area contributed by atoms with Gasteiger partial charge in [0.15, 0.2) is 17.5 Å². The third kappa shape index (κ3) is 4.88. The van der Waals surface area contributed by atoms with E-state index in [1.807, 2.05) is 24.3 Å². The maximum absolute atomic E-state index is 14.8. The van der Waals surface area contributed by atoms with Crippen molar-refractivity contribution >= 4 is 0 Å². The van der Waals surface area contributed by atoms with Gasteiger partial charge in [-0.15, -0.1) is 0 Å². The Bertz CT molecular complexity index is 1120. The lowest BCUT2D eigenvalue weighted by Crippen LogP contribution is -2.20. The number of hydrogen-bond donors (Lipinski definition) is 0. The van der Waals surface area contributed by atoms with Crippen LogP contribution in [0.3, 0.4) is 0 Å². The molecule has 0 radical (unpaired) electrons. The topological polar surface area (TPSA) is 9.23 Å². The fourth-order valence-corrected chi connectivity index (χ4v) is 4.24. The molecule has 1 nitrogen and oxygen atoms in total. The first-order valence-electron chi connectivity index (χ1n) is 11.5. The third-order valence-electron chi connectivity index (χ3n) is 6.13. The zero-order chi connectivity index (χ0) is 23.5. The third-order valence-corrected chi connectivity index (χ3v) is 6.13. The smallest absolute Gasteiger partial charge is 0.194 e. The van der Waals surface area contributed by atoms with Crippen LogP contribution >= 0.6 is 0 Å². The lowest BCUT2D eigenvalue weighted by Gasteiger charge is -2.29. The molecule has 4 rings (SSSR count). The molecule has 1 fully saturated rings. The van der Waals surface area contributed by atoms with Crippen molar-refractivity contribution in [2.75, 3.05) is 6.61 Å². The summed E-state index contributed by atoms with van der Waals surface area (Å²) in [6, 6.07) is 11.7. The van der Waals surface area contributed by atoms with E-state index in [2.05, 4.69) is 6.92 Å². The highest BCUT2D eigenvalue weighted by atomic mass is 19.2. The number of hydrogen-bond acceptors (Lipinski definition) is 1. The first-order chi connectivity index (χ1) is 15.9. The quantitative estimate of drug-likeness (QED) is 0.275. The van der Waals surface area contributed by atoms with Crippen molar-refractivity contribution in [3.63, 3.8) is 0 Å². The minimum atomic E-state index is -1.74. The van der Waals surface area contributed by atoms with Crippen LogP contribution < -0.4 is 0 Å². The molecule has 32 heavy (non-hydrogen) atoms. The zero-order valence-corrected chi connectivity index (χ0v) is 17.9. The van der Waals surface area contributed by atoms with Crippen molar-refractivity contribution in [1.82, 2.24) is 0 Å². The lowest BCUT2D eigenvalue weighted by molar-refractivity contribution is -0.0197. The molecule has 3 aromatic carbocycles. The summed E-state index contributed by atoms with van der Waals surface area (Å²) in [5, 5.41) is 0. The van der Waals surface area contributed by atoms with Gasteiger partial charge in [-0.3, -0.25) is 0 Å². The van der Waals surface area contributed by atoms with Gasteiger partial charge in [-0.2, -0.15) is 0 Å². The highest BCUT2D eigenvalue weighted by Gasteiger charge is 2.22. The number of rotatable bonds is 6. The summed E-state index contributed by atoms with van der Waals surface area (Å²) < 4.78 is 69.3. The maximum atomic E-state index is 14.8. The van der Waals surface area contributed by atoms with E-state index in [4.69, 9.17) is 6.11 Å². The van der Waals surface area contributed by atoms with Gasteiger partial charge < -0.3 is 4.74 Å². The highest BCUT2D eigenvalue weighted by Crippen LogP contribution is 2.34. The molecule has 0 N–H and O–H groups in total. The van der Waals surface area contributed by atoms with Crippen LogP contribution in [0.2, 0.25) is 0 Å². The van der Waals surface area contributed by atoms with Crippen LogP contribution in [0.4, 0.5) is 17.6 Å². The van der Waals surface area contributed by atoms with Crippen LogP contribution in [0.15, 0.2) is 54.6 Å². The Labute approximate surface area is 187 Å². The monoisotopic (exact) mass is 443 g/mol. The summed E-state index contributed by atoms with van der Waals surface area (Å²) in [6.45, 7) is 2.98. The molecule has 1 saturated heterocycles. The molecule has 168 valence electrons. The number of halogens is 4. The predicted octanol–water partition coefficient (Wildman–Crippen LogP) is 8.23. The van der Waals surface area contributed by atoms with Crippen molar-refractivity contribution in [1.29, 1.82) is 0 Å². The Balaban J connectivity index is 1.50. The van der Waals surface area contributed by atoms with Crippen LogP contribution in [0.5, 0.6) is 0 Å². The summed E-state index contributed by atoms with van der Waals surface area (Å²) in [5.74, 6) is -4.94. The van der Waals surface area contributed by atoms with Crippen molar-refractivity contribution in [3.05, 3.63) is 83.4 Å². The second-order valence-corrected chi connectivity index (χ2v) is 8.38. The number of ether oxygens (including phenoxy) is 1. The molecule has 0 bridgehead atoms. The highest BCUT2D eigenvalue weighted by molar-refractivity contribution is 5.71. The molecule has 2 unspecified atom stereocenters. The van der Waals surface area contributed by atoms with Crippen LogP contribution in [0.1, 0.15) is 52.1 Å². The molecule has 0 amide bonds. The van der Waals surface area contributed by atoms with Gasteiger partial charge in [-0.25, -0.2) is 17.6 Å². The van der Waals surface area contributed by atoms with E-state index in [0.29, 0.717) is 17.5 Å². The van der Waals surface area contributed by atoms with E-state index in [9.17, 15) is 17.6 Å². The molecule has 0 saturated carbocycles. The van der Waals surface area contributed by atoms with Crippen LogP contribution in [-0.2, 0) is 4.74 Å². The molecule has 1 aliphatic heterocycles. The molecule has 5 heteroatoms. The molecular formula is C27H26F4O. The fraction of sp³-hybridized carbons (Fsp3) is 0.333. The first kappa shape index (κ1) is 21.2. The van der Waals surface area contributed by atoms with E-state index in [1.165, 1.54) is 31.4 Å². The van der Waals surface area contributed by atoms with Gasteiger partial charge in [0.1, 0.15) is 5.82 Å². The Hall–Kier alpha value is -2.66. The van der Waals surface area contributed by atoms with Gasteiger partial charge in [-0.05, 0) is 65.6 Å². The zero-order valence-electron chi connectivity index (χ0n) is 18.9. The van der Waals surface area contributed by atoms with E-state index in [1.54, 1.807) is 6.07 Å². The van der Waals surface area contributed by atoms with Gasteiger partial charge in [0.05, 0.1) is 14.1 Å². The molecule has 0 spiro atoms. The average molecular weight is 444 g/mol. The van der Waals surface area contributed by atoms with E-state index < -0.39 is 29.3 Å². The van der Waals surface area contributed by atoms with E-state index >= 15 is 0 Å². The van der Waals surface area contributed by atoms with Crippen molar-refractivity contribution in [2.45, 2.75) is 45.1 Å². The molecule has 1 aliphatic rings. The Morgan fingerprint density at radius 3 is 2.25 bits per heavy atom. The predicted molar refractivity (Wildman–Crippen MR) is 118 cm³/mol. The lowest BCUT2D eigenvalue weighted by atomic mass is 9.90. The molecular weight excluding hydrogens is 416 g/mol. The maximum Gasteiger partial charge on any atom is 0.194 e. The molecule has 1 heterocycles. The minimum Gasteiger partial charge on any atom is -0.373 e. The van der Waals surface area contributed by atoms with E-state index in [-0.39, 0.29) is 17.2 Å². The number of benzene rings is 3. The molecule has 0 aromatic heterocycles. The first-order valence-corrected chi connectivity index (χ1v) is 11.0. The van der Waals surface area contributed by atoms with Crippen LogP contribution in [0.25, 0.3) is 22.3 Å². The summed E-state index contributed by atoms with van der Waals surface area (Å²) in [4.78, 5) is 0. The molecule has 3 aromatic rings. The van der Waals surface area contributed by atoms with Gasteiger partial charge in [0.2, 0.25) is 0 Å². The van der Waals surface area contributed by atoms with Gasteiger partial charge >= 0.3 is 0 Å². The number of unbranched alkanes of at least 4 members (excludes halogenated alkanes) is 1. The van der Waals surface area contributed by atoms with Crippen LogP contribution in [0, 0.1) is 29.2 Å². The largest absolute Gasteiger partial charge is 0.373 e. The van der Waals surface area contributed by atoms with Crippen molar-refractivity contribution in [3.8, 4) is 22.3 Å². The normalized spacial score (nSPS) is 19.1. The van der Waals surface area contributed by atoms with Crippen molar-refractivity contribution in [2.24, 2.45) is 5.92 Å². The second kappa shape index (κ2) is 9.86. The fourth-order valence-electron chi connectivity index (χ4n) is 4.24.